The zero-order valence-electron chi connectivity index (χ0n) is 5.00. The van der Waals surface area contributed by atoms with Gasteiger partial charge >= 0.3 is 0 Å². The fourth-order valence-electron chi connectivity index (χ4n) is 0.458. The van der Waals surface area contributed by atoms with Crippen LogP contribution in [0.1, 0.15) is 0 Å². The van der Waals surface area contributed by atoms with Gasteiger partial charge in [0, 0.05) is 7.05 Å². The van der Waals surface area contributed by atoms with Gasteiger partial charge in [0.1, 0.15) is 0 Å². The van der Waals surface area contributed by atoms with Crippen LogP contribution in [-0.2, 0) is 7.05 Å². The number of hydrogen-bond acceptors (Lipinski definition) is 5. The first-order valence-electron chi connectivity index (χ1n) is 2.37. The normalized spacial score (nSPS) is 9.56. The molecule has 0 unspecified atom stereocenters. The van der Waals surface area contributed by atoms with Crippen molar-refractivity contribution in [2.24, 2.45) is 12.9 Å². The van der Waals surface area contributed by atoms with Crippen LogP contribution in [0.4, 0.5) is 11.9 Å². The highest BCUT2D eigenvalue weighted by Gasteiger charge is 1.98. The van der Waals surface area contributed by atoms with E-state index in [2.05, 4.69) is 15.5 Å². The molecule has 0 fully saturated rings. The SMILES string of the molecule is Cn1nc(NN)nc1N. The Kier molecular flexibility index (Phi) is 1.23. The number of nitrogens with zero attached hydrogens (tertiary/aromatic N) is 3. The lowest BCUT2D eigenvalue weighted by Crippen LogP contribution is -2.08. The molecule has 9 heavy (non-hydrogen) atoms. The first-order valence-corrected chi connectivity index (χ1v) is 2.37. The molecule has 0 bridgehead atoms. The molecule has 0 saturated heterocycles. The number of hydrazine groups is 1. The molecule has 6 heteroatoms. The Balaban J connectivity index is 2.98. The predicted octanol–water partition coefficient (Wildman–Crippen LogP) is -1.32. The Hall–Kier alpha value is -1.30. The lowest BCUT2D eigenvalue weighted by atomic mass is 11.0. The molecule has 1 rings (SSSR count). The minimum absolute atomic E-state index is 0.329. The van der Waals surface area contributed by atoms with Gasteiger partial charge in [-0.1, -0.05) is 0 Å². The monoisotopic (exact) mass is 128 g/mol. The van der Waals surface area contributed by atoms with Crippen LogP contribution in [0.15, 0.2) is 0 Å². The van der Waals surface area contributed by atoms with Crippen LogP contribution in [0.2, 0.25) is 0 Å². The van der Waals surface area contributed by atoms with Crippen LogP contribution in [0, 0.1) is 0 Å². The minimum Gasteiger partial charge on any atom is -0.368 e. The van der Waals surface area contributed by atoms with E-state index >= 15 is 0 Å². The summed E-state index contributed by atoms with van der Waals surface area (Å²) in [6.45, 7) is 0. The molecule has 1 aromatic heterocycles. The van der Waals surface area contributed by atoms with Crippen LogP contribution in [-0.4, -0.2) is 14.8 Å². The van der Waals surface area contributed by atoms with Crippen molar-refractivity contribution >= 4 is 11.9 Å². The van der Waals surface area contributed by atoms with Crippen molar-refractivity contribution in [2.75, 3.05) is 11.2 Å². The minimum atomic E-state index is 0.329. The number of rotatable bonds is 1. The fraction of sp³-hybridized carbons (Fsp3) is 0.333. The van der Waals surface area contributed by atoms with Crippen molar-refractivity contribution in [3.63, 3.8) is 0 Å². The van der Waals surface area contributed by atoms with E-state index in [-0.39, 0.29) is 0 Å². The molecule has 0 spiro atoms. The van der Waals surface area contributed by atoms with Gasteiger partial charge in [-0.05, 0) is 0 Å². The quantitative estimate of drug-likeness (QED) is 0.322. The first-order chi connectivity index (χ1) is 4.24. The summed E-state index contributed by atoms with van der Waals surface area (Å²) >= 11 is 0. The van der Waals surface area contributed by atoms with E-state index in [0.717, 1.165) is 0 Å². The maximum absolute atomic E-state index is 5.31. The highest BCUT2D eigenvalue weighted by atomic mass is 15.4. The van der Waals surface area contributed by atoms with Crippen LogP contribution < -0.4 is 17.0 Å². The van der Waals surface area contributed by atoms with E-state index < -0.39 is 0 Å². The molecule has 0 saturated carbocycles. The number of hydrogen-bond donors (Lipinski definition) is 3. The molecule has 0 aliphatic carbocycles. The summed E-state index contributed by atoms with van der Waals surface area (Å²) in [6.07, 6.45) is 0. The smallest absolute Gasteiger partial charge is 0.258 e. The third-order valence-electron chi connectivity index (χ3n) is 0.926. The highest BCUT2D eigenvalue weighted by molar-refractivity contribution is 5.29. The van der Waals surface area contributed by atoms with Gasteiger partial charge in [-0.2, -0.15) is 4.98 Å². The first kappa shape index (κ1) is 5.83. The van der Waals surface area contributed by atoms with Gasteiger partial charge in [-0.15, -0.1) is 5.10 Å². The predicted molar refractivity (Wildman–Crippen MR) is 33.2 cm³/mol. The van der Waals surface area contributed by atoms with Crippen molar-refractivity contribution in [3.05, 3.63) is 0 Å². The summed E-state index contributed by atoms with van der Waals surface area (Å²) in [4.78, 5) is 3.72. The Labute approximate surface area is 51.8 Å². The van der Waals surface area contributed by atoms with E-state index in [1.807, 2.05) is 0 Å². The van der Waals surface area contributed by atoms with Gasteiger partial charge in [0.25, 0.3) is 5.95 Å². The Morgan fingerprint density at radius 3 is 2.56 bits per heavy atom. The van der Waals surface area contributed by atoms with E-state index in [4.69, 9.17) is 11.6 Å². The topological polar surface area (TPSA) is 94.8 Å². The zero-order chi connectivity index (χ0) is 6.85. The summed E-state index contributed by atoms with van der Waals surface area (Å²) in [6, 6.07) is 0. The van der Waals surface area contributed by atoms with E-state index in [1.54, 1.807) is 7.05 Å². The molecule has 1 heterocycles. The summed E-state index contributed by atoms with van der Waals surface area (Å²) < 4.78 is 1.43. The molecule has 0 atom stereocenters. The zero-order valence-corrected chi connectivity index (χ0v) is 5.00. The van der Waals surface area contributed by atoms with Crippen molar-refractivity contribution in [1.82, 2.24) is 14.8 Å². The maximum Gasteiger partial charge on any atom is 0.258 e. The number of nitrogen functional groups attached to an aromatic ring is 2. The third-order valence-corrected chi connectivity index (χ3v) is 0.926. The van der Waals surface area contributed by atoms with Gasteiger partial charge in [0.15, 0.2) is 0 Å². The summed E-state index contributed by atoms with van der Waals surface area (Å²) in [5.41, 5.74) is 7.58. The molecule has 6 nitrogen and oxygen atoms in total. The lowest BCUT2D eigenvalue weighted by Gasteiger charge is -1.85. The lowest BCUT2D eigenvalue weighted by molar-refractivity contribution is 0.779. The molecular formula is C3H8N6. The number of nitrogens with two attached hydrogens (primary N) is 2. The number of aryl methyl sites for hydroxylation is 1. The molecule has 0 aromatic carbocycles. The van der Waals surface area contributed by atoms with Crippen LogP contribution in [0.25, 0.3) is 0 Å². The van der Waals surface area contributed by atoms with Crippen molar-refractivity contribution in [3.8, 4) is 0 Å². The Morgan fingerprint density at radius 1 is 1.67 bits per heavy atom. The van der Waals surface area contributed by atoms with Crippen molar-refractivity contribution in [2.45, 2.75) is 0 Å². The summed E-state index contributed by atoms with van der Waals surface area (Å²) in [5, 5.41) is 3.77. The van der Waals surface area contributed by atoms with Crippen molar-refractivity contribution in [1.29, 1.82) is 0 Å². The average molecular weight is 128 g/mol. The average Bonchev–Trinajstić information content (AvgIpc) is 2.13. The van der Waals surface area contributed by atoms with E-state index in [9.17, 15) is 0 Å². The van der Waals surface area contributed by atoms with E-state index in [1.165, 1.54) is 4.68 Å². The molecule has 0 amide bonds. The molecule has 1 aromatic rings. The largest absolute Gasteiger partial charge is 0.368 e. The standard InChI is InChI=1S/C3H8N6/c1-9-2(4)6-3(7-5)8-9/h5H2,1H3,(H3,4,6,7,8). The molecule has 0 aliphatic heterocycles. The van der Waals surface area contributed by atoms with Crippen LogP contribution >= 0.6 is 0 Å². The fourth-order valence-corrected chi connectivity index (χ4v) is 0.458. The highest BCUT2D eigenvalue weighted by Crippen LogP contribution is 1.98. The Bertz CT molecular complexity index is 183. The number of aromatic nitrogens is 3. The van der Waals surface area contributed by atoms with Crippen LogP contribution in [0.3, 0.4) is 0 Å². The number of anilines is 2. The second-order valence-corrected chi connectivity index (χ2v) is 1.56. The number of nitrogens with one attached hydrogen (secondary N) is 1. The second kappa shape index (κ2) is 1.90. The van der Waals surface area contributed by atoms with Gasteiger partial charge in [0.2, 0.25) is 5.95 Å². The van der Waals surface area contributed by atoms with Gasteiger partial charge < -0.3 is 5.73 Å². The molecule has 0 aliphatic rings. The molecular weight excluding hydrogens is 120 g/mol. The van der Waals surface area contributed by atoms with Gasteiger partial charge in [-0.3, -0.25) is 5.43 Å². The Morgan fingerprint density at radius 2 is 2.33 bits per heavy atom. The summed E-state index contributed by atoms with van der Waals surface area (Å²) in [5.74, 6) is 5.65. The van der Waals surface area contributed by atoms with Gasteiger partial charge in [-0.25, -0.2) is 10.5 Å². The maximum atomic E-state index is 5.31. The van der Waals surface area contributed by atoms with Gasteiger partial charge in [0.05, 0.1) is 0 Å². The molecule has 0 radical (unpaired) electrons. The molecule has 5 N–H and O–H groups in total. The van der Waals surface area contributed by atoms with Crippen LogP contribution in [0.5, 0.6) is 0 Å². The second-order valence-electron chi connectivity index (χ2n) is 1.56. The van der Waals surface area contributed by atoms with E-state index in [0.29, 0.717) is 11.9 Å². The third kappa shape index (κ3) is 0.918. The summed E-state index contributed by atoms with van der Waals surface area (Å²) in [7, 11) is 1.68. The van der Waals surface area contributed by atoms with Crippen molar-refractivity contribution < 1.29 is 0 Å². The molecule has 50 valence electrons.